The summed E-state index contributed by atoms with van der Waals surface area (Å²) in [4.78, 5) is 26.7. The molecule has 9 nitrogen and oxygen atoms in total. The second-order valence-electron chi connectivity index (χ2n) is 10.3. The van der Waals surface area contributed by atoms with E-state index < -0.39 is 22.5 Å². The van der Waals surface area contributed by atoms with E-state index in [0.29, 0.717) is 30.2 Å². The van der Waals surface area contributed by atoms with Gasteiger partial charge in [0.2, 0.25) is 5.91 Å². The molecule has 10 heteroatoms. The van der Waals surface area contributed by atoms with E-state index in [1.165, 1.54) is 12.1 Å². The molecule has 2 amide bonds. The fourth-order valence-corrected chi connectivity index (χ4v) is 6.18. The van der Waals surface area contributed by atoms with E-state index in [-0.39, 0.29) is 22.1 Å². The molecule has 44 heavy (non-hydrogen) atoms. The summed E-state index contributed by atoms with van der Waals surface area (Å²) >= 11 is 0. The lowest BCUT2D eigenvalue weighted by Gasteiger charge is -2.26. The quantitative estimate of drug-likeness (QED) is 0.220. The highest BCUT2D eigenvalue weighted by Crippen LogP contribution is 2.30. The maximum absolute atomic E-state index is 13.8. The van der Waals surface area contributed by atoms with Crippen molar-refractivity contribution >= 4 is 33.2 Å². The van der Waals surface area contributed by atoms with Crippen molar-refractivity contribution in [3.05, 3.63) is 113 Å². The Kier molecular flexibility index (Phi) is 10.3. The molecule has 0 atom stereocenters. The van der Waals surface area contributed by atoms with Crippen LogP contribution in [0, 0.1) is 20.8 Å². The zero-order chi connectivity index (χ0) is 31.9. The second kappa shape index (κ2) is 14.1. The summed E-state index contributed by atoms with van der Waals surface area (Å²) in [5.41, 5.74) is 4.43. The molecule has 0 bridgehead atoms. The highest BCUT2D eigenvalue weighted by molar-refractivity contribution is 7.92. The van der Waals surface area contributed by atoms with Crippen LogP contribution in [-0.2, 0) is 21.2 Å². The Morgan fingerprint density at radius 1 is 0.818 bits per heavy atom. The van der Waals surface area contributed by atoms with E-state index in [2.05, 4.69) is 10.6 Å². The van der Waals surface area contributed by atoms with Crippen molar-refractivity contribution in [3.63, 3.8) is 0 Å². The van der Waals surface area contributed by atoms with Gasteiger partial charge in [-0.15, -0.1) is 0 Å². The van der Waals surface area contributed by atoms with Gasteiger partial charge in [-0.3, -0.25) is 13.9 Å². The number of carbonyl (C=O) groups is 2. The fraction of sp³-hybridized carbons (Fsp3) is 0.235. The number of anilines is 2. The van der Waals surface area contributed by atoms with Crippen LogP contribution in [0.4, 0.5) is 11.4 Å². The maximum Gasteiger partial charge on any atom is 0.264 e. The van der Waals surface area contributed by atoms with Gasteiger partial charge in [-0.25, -0.2) is 8.42 Å². The number of hydrogen-bond acceptors (Lipinski definition) is 6. The Morgan fingerprint density at radius 3 is 2.23 bits per heavy atom. The molecule has 0 aliphatic rings. The molecular weight excluding hydrogens is 578 g/mol. The van der Waals surface area contributed by atoms with Crippen LogP contribution >= 0.6 is 0 Å². The van der Waals surface area contributed by atoms with Gasteiger partial charge < -0.3 is 20.1 Å². The summed E-state index contributed by atoms with van der Waals surface area (Å²) in [6.07, 6.45) is 0.544. The molecule has 0 aliphatic carbocycles. The largest absolute Gasteiger partial charge is 0.493 e. The Morgan fingerprint density at radius 2 is 1.52 bits per heavy atom. The monoisotopic (exact) mass is 615 g/mol. The maximum atomic E-state index is 13.8. The van der Waals surface area contributed by atoms with E-state index in [1.54, 1.807) is 68.8 Å². The Hall–Kier alpha value is -4.83. The molecule has 4 rings (SSSR count). The van der Waals surface area contributed by atoms with Gasteiger partial charge in [0.15, 0.2) is 11.5 Å². The summed E-state index contributed by atoms with van der Waals surface area (Å²) in [6.45, 7) is 5.43. The van der Waals surface area contributed by atoms with Crippen molar-refractivity contribution in [1.82, 2.24) is 5.32 Å². The van der Waals surface area contributed by atoms with Crippen molar-refractivity contribution in [3.8, 4) is 11.5 Å². The van der Waals surface area contributed by atoms with Crippen LogP contribution in [0.5, 0.6) is 11.5 Å². The smallest absolute Gasteiger partial charge is 0.264 e. The number of methoxy groups -OCH3 is 2. The third-order valence-corrected chi connectivity index (χ3v) is 9.11. The van der Waals surface area contributed by atoms with E-state index >= 15 is 0 Å². The van der Waals surface area contributed by atoms with Crippen molar-refractivity contribution in [1.29, 1.82) is 0 Å². The highest BCUT2D eigenvalue weighted by atomic mass is 32.2. The van der Waals surface area contributed by atoms with Crippen molar-refractivity contribution in [2.75, 3.05) is 36.9 Å². The number of carbonyl (C=O) groups excluding carboxylic acids is 2. The minimum atomic E-state index is -4.10. The lowest BCUT2D eigenvalue weighted by atomic mass is 10.1. The Labute approximate surface area is 258 Å². The van der Waals surface area contributed by atoms with Gasteiger partial charge >= 0.3 is 0 Å². The highest BCUT2D eigenvalue weighted by Gasteiger charge is 2.29. The fourth-order valence-electron chi connectivity index (χ4n) is 4.70. The number of nitrogens with zero attached hydrogens (tertiary/aromatic N) is 1. The summed E-state index contributed by atoms with van der Waals surface area (Å²) in [5.74, 6) is 0.253. The predicted molar refractivity (Wildman–Crippen MR) is 172 cm³/mol. The molecule has 0 radical (unpaired) electrons. The molecule has 4 aromatic carbocycles. The SMILES string of the molecule is COc1ccc(CCNC(=O)c2ccccc2NC(=O)CN(c2cccc(C)c2C)S(=O)(=O)c2ccc(C)cc2)cc1OC. The van der Waals surface area contributed by atoms with E-state index in [1.807, 2.05) is 39.0 Å². The molecule has 4 aromatic rings. The van der Waals surface area contributed by atoms with Crippen LogP contribution in [0.15, 0.2) is 89.8 Å². The second-order valence-corrected chi connectivity index (χ2v) is 12.2. The van der Waals surface area contributed by atoms with Crippen LogP contribution in [-0.4, -0.2) is 47.5 Å². The molecule has 0 aliphatic heterocycles. The lowest BCUT2D eigenvalue weighted by molar-refractivity contribution is -0.114. The number of hydrogen-bond donors (Lipinski definition) is 2. The minimum absolute atomic E-state index is 0.0751. The first kappa shape index (κ1) is 32.1. The lowest BCUT2D eigenvalue weighted by Crippen LogP contribution is -2.39. The van der Waals surface area contributed by atoms with Crippen molar-refractivity contribution in [2.24, 2.45) is 0 Å². The Bertz CT molecular complexity index is 1750. The minimum Gasteiger partial charge on any atom is -0.493 e. The van der Waals surface area contributed by atoms with E-state index in [0.717, 1.165) is 26.6 Å². The van der Waals surface area contributed by atoms with Gasteiger partial charge in [0, 0.05) is 6.54 Å². The van der Waals surface area contributed by atoms with Gasteiger partial charge in [0.25, 0.3) is 15.9 Å². The van der Waals surface area contributed by atoms with E-state index in [9.17, 15) is 18.0 Å². The van der Waals surface area contributed by atoms with Gasteiger partial charge in [-0.2, -0.15) is 0 Å². The number of para-hydroxylation sites is 1. The third kappa shape index (κ3) is 7.38. The number of ether oxygens (including phenoxy) is 2. The van der Waals surface area contributed by atoms with Crippen molar-refractivity contribution in [2.45, 2.75) is 32.1 Å². The van der Waals surface area contributed by atoms with Gasteiger partial charge in [-0.1, -0.05) is 48.0 Å². The average molecular weight is 616 g/mol. The first-order chi connectivity index (χ1) is 21.0. The van der Waals surface area contributed by atoms with Gasteiger partial charge in [0.1, 0.15) is 6.54 Å². The van der Waals surface area contributed by atoms with E-state index in [4.69, 9.17) is 9.47 Å². The van der Waals surface area contributed by atoms with Gasteiger partial charge in [-0.05, 0) is 86.3 Å². The summed E-state index contributed by atoms with van der Waals surface area (Å²) in [5, 5.41) is 5.65. The first-order valence-electron chi connectivity index (χ1n) is 14.1. The molecular formula is C34H37N3O6S. The number of aryl methyl sites for hydroxylation is 2. The predicted octanol–water partition coefficient (Wildman–Crippen LogP) is 5.44. The summed E-state index contributed by atoms with van der Waals surface area (Å²) in [7, 11) is -0.965. The number of sulfonamides is 1. The topological polar surface area (TPSA) is 114 Å². The molecule has 2 N–H and O–H groups in total. The van der Waals surface area contributed by atoms with Crippen LogP contribution in [0.1, 0.15) is 32.6 Å². The van der Waals surface area contributed by atoms with Crippen molar-refractivity contribution < 1.29 is 27.5 Å². The molecule has 0 fully saturated rings. The number of rotatable bonds is 12. The van der Waals surface area contributed by atoms with Crippen LogP contribution in [0.3, 0.4) is 0 Å². The van der Waals surface area contributed by atoms with Crippen LogP contribution in [0.2, 0.25) is 0 Å². The number of nitrogens with one attached hydrogen (secondary N) is 2. The molecule has 0 aromatic heterocycles. The molecule has 0 saturated heterocycles. The standard InChI is InChI=1S/C34H37N3O6S/c1-23-13-16-27(17-14-23)44(40,41)37(30-12-8-9-24(2)25(30)3)22-33(38)36-29-11-7-6-10-28(29)34(39)35-20-19-26-15-18-31(42-4)32(21-26)43-5/h6-18,21H,19-20,22H2,1-5H3,(H,35,39)(H,36,38). The zero-order valence-electron chi connectivity index (χ0n) is 25.5. The molecule has 0 unspecified atom stereocenters. The molecule has 0 heterocycles. The molecule has 230 valence electrons. The third-order valence-electron chi connectivity index (χ3n) is 7.33. The molecule has 0 spiro atoms. The first-order valence-corrected chi connectivity index (χ1v) is 15.5. The Balaban J connectivity index is 1.52. The number of amides is 2. The zero-order valence-corrected chi connectivity index (χ0v) is 26.3. The normalized spacial score (nSPS) is 11.0. The van der Waals surface area contributed by atoms with Gasteiger partial charge in [0.05, 0.1) is 36.1 Å². The summed E-state index contributed by atoms with van der Waals surface area (Å²) < 4.78 is 39.4. The summed E-state index contributed by atoms with van der Waals surface area (Å²) in [6, 6.07) is 24.0. The number of benzene rings is 4. The van der Waals surface area contributed by atoms with Crippen LogP contribution < -0.4 is 24.4 Å². The average Bonchev–Trinajstić information content (AvgIpc) is 3.01. The molecule has 0 saturated carbocycles. The van der Waals surface area contributed by atoms with Crippen LogP contribution in [0.25, 0.3) is 0 Å².